The molecule has 2 aromatic rings. The summed E-state index contributed by atoms with van der Waals surface area (Å²) >= 11 is 3.45. The van der Waals surface area contributed by atoms with Gasteiger partial charge in [-0.25, -0.2) is 4.98 Å². The first-order chi connectivity index (χ1) is 7.20. The van der Waals surface area contributed by atoms with Gasteiger partial charge in [-0.3, -0.25) is 0 Å². The van der Waals surface area contributed by atoms with Crippen molar-refractivity contribution < 1.29 is 0 Å². The van der Waals surface area contributed by atoms with Gasteiger partial charge in [0.15, 0.2) is 0 Å². The van der Waals surface area contributed by atoms with E-state index in [1.165, 1.54) is 9.75 Å². The van der Waals surface area contributed by atoms with Gasteiger partial charge in [-0.05, 0) is 25.5 Å². The number of rotatable bonds is 3. The van der Waals surface area contributed by atoms with Crippen LogP contribution in [0.4, 0.5) is 0 Å². The van der Waals surface area contributed by atoms with Crippen molar-refractivity contribution in [2.45, 2.75) is 26.3 Å². The SMILES string of the molecule is CCc1ccc(-c2csc(C(C)N)n2)s1. The summed E-state index contributed by atoms with van der Waals surface area (Å²) in [5.74, 6) is 0. The molecule has 0 bridgehead atoms. The van der Waals surface area contributed by atoms with Crippen LogP contribution in [0.2, 0.25) is 0 Å². The Morgan fingerprint density at radius 2 is 2.27 bits per heavy atom. The Morgan fingerprint density at radius 1 is 1.47 bits per heavy atom. The first-order valence-corrected chi connectivity index (χ1v) is 6.70. The zero-order valence-electron chi connectivity index (χ0n) is 8.86. The fourth-order valence-electron chi connectivity index (χ4n) is 1.32. The summed E-state index contributed by atoms with van der Waals surface area (Å²) in [6, 6.07) is 4.35. The zero-order valence-corrected chi connectivity index (χ0v) is 10.5. The van der Waals surface area contributed by atoms with Crippen LogP contribution in [0.15, 0.2) is 17.5 Å². The molecule has 80 valence electrons. The molecule has 2 aromatic heterocycles. The van der Waals surface area contributed by atoms with Gasteiger partial charge in [0.2, 0.25) is 0 Å². The molecular weight excluding hydrogens is 224 g/mol. The zero-order chi connectivity index (χ0) is 10.8. The van der Waals surface area contributed by atoms with Crippen molar-refractivity contribution in [1.82, 2.24) is 4.98 Å². The number of nitrogens with zero attached hydrogens (tertiary/aromatic N) is 1. The molecule has 0 fully saturated rings. The highest BCUT2D eigenvalue weighted by Crippen LogP contribution is 2.30. The number of hydrogen-bond acceptors (Lipinski definition) is 4. The molecule has 0 aromatic carbocycles. The number of nitrogens with two attached hydrogens (primary N) is 1. The highest BCUT2D eigenvalue weighted by Gasteiger charge is 2.09. The molecule has 0 amide bonds. The molecule has 2 N–H and O–H groups in total. The van der Waals surface area contributed by atoms with Gasteiger partial charge in [0.1, 0.15) is 5.01 Å². The fourth-order valence-corrected chi connectivity index (χ4v) is 3.08. The summed E-state index contributed by atoms with van der Waals surface area (Å²) < 4.78 is 0. The second kappa shape index (κ2) is 4.43. The predicted octanol–water partition coefficient (Wildman–Crippen LogP) is 3.45. The van der Waals surface area contributed by atoms with Gasteiger partial charge in [-0.15, -0.1) is 22.7 Å². The summed E-state index contributed by atoms with van der Waals surface area (Å²) in [5.41, 5.74) is 6.85. The first-order valence-electron chi connectivity index (χ1n) is 5.00. The predicted molar refractivity (Wildman–Crippen MR) is 67.4 cm³/mol. The van der Waals surface area contributed by atoms with Gasteiger partial charge in [0.25, 0.3) is 0 Å². The van der Waals surface area contributed by atoms with Gasteiger partial charge in [-0.1, -0.05) is 6.92 Å². The minimum Gasteiger partial charge on any atom is -0.322 e. The molecule has 4 heteroatoms. The third-order valence-electron chi connectivity index (χ3n) is 2.17. The second-order valence-corrected chi connectivity index (χ2v) is 5.54. The van der Waals surface area contributed by atoms with E-state index in [1.807, 2.05) is 18.3 Å². The van der Waals surface area contributed by atoms with E-state index in [9.17, 15) is 0 Å². The van der Waals surface area contributed by atoms with E-state index < -0.39 is 0 Å². The molecule has 0 spiro atoms. The van der Waals surface area contributed by atoms with Crippen LogP contribution in [0, 0.1) is 0 Å². The lowest BCUT2D eigenvalue weighted by molar-refractivity contribution is 0.808. The first kappa shape index (κ1) is 10.8. The maximum absolute atomic E-state index is 5.79. The minimum atomic E-state index is 0.0364. The fraction of sp³-hybridized carbons (Fsp3) is 0.364. The van der Waals surface area contributed by atoms with Crippen LogP contribution in [0.5, 0.6) is 0 Å². The lowest BCUT2D eigenvalue weighted by Gasteiger charge is -1.96. The second-order valence-electron chi connectivity index (χ2n) is 3.48. The highest BCUT2D eigenvalue weighted by molar-refractivity contribution is 7.16. The molecule has 15 heavy (non-hydrogen) atoms. The molecule has 0 saturated carbocycles. The Bertz CT molecular complexity index is 443. The standard InChI is InChI=1S/C11H14N2S2/c1-3-8-4-5-10(15-8)9-6-14-11(13-9)7(2)12/h4-7H,3,12H2,1-2H3. The summed E-state index contributed by atoms with van der Waals surface area (Å²) in [6.07, 6.45) is 1.09. The van der Waals surface area contributed by atoms with Gasteiger partial charge in [0, 0.05) is 10.3 Å². The molecular formula is C11H14N2S2. The molecule has 2 heterocycles. The lowest BCUT2D eigenvalue weighted by atomic mass is 10.3. The smallest absolute Gasteiger partial charge is 0.110 e. The number of thiazole rings is 1. The number of hydrogen-bond donors (Lipinski definition) is 1. The van der Waals surface area contributed by atoms with Crippen LogP contribution in [-0.4, -0.2) is 4.98 Å². The van der Waals surface area contributed by atoms with Crippen molar-refractivity contribution in [3.05, 3.63) is 27.4 Å². The van der Waals surface area contributed by atoms with E-state index in [2.05, 4.69) is 29.4 Å². The van der Waals surface area contributed by atoms with E-state index in [-0.39, 0.29) is 6.04 Å². The Morgan fingerprint density at radius 3 is 2.80 bits per heavy atom. The summed E-state index contributed by atoms with van der Waals surface area (Å²) in [6.45, 7) is 4.14. The van der Waals surface area contributed by atoms with Crippen molar-refractivity contribution in [1.29, 1.82) is 0 Å². The molecule has 1 atom stereocenters. The Kier molecular flexibility index (Phi) is 3.19. The minimum absolute atomic E-state index is 0.0364. The monoisotopic (exact) mass is 238 g/mol. The van der Waals surface area contributed by atoms with Crippen LogP contribution >= 0.6 is 22.7 Å². The third kappa shape index (κ3) is 2.27. The number of aryl methyl sites for hydroxylation is 1. The summed E-state index contributed by atoms with van der Waals surface area (Å²) in [4.78, 5) is 7.18. The molecule has 1 unspecified atom stereocenters. The van der Waals surface area contributed by atoms with Crippen molar-refractivity contribution >= 4 is 22.7 Å². The van der Waals surface area contributed by atoms with Crippen LogP contribution in [0.25, 0.3) is 10.6 Å². The Balaban J connectivity index is 2.28. The number of aromatic nitrogens is 1. The Labute approximate surface area is 97.8 Å². The number of thiophene rings is 1. The maximum atomic E-state index is 5.79. The average molecular weight is 238 g/mol. The third-order valence-corrected chi connectivity index (χ3v) is 4.47. The van der Waals surface area contributed by atoms with Crippen molar-refractivity contribution in [2.75, 3.05) is 0 Å². The summed E-state index contributed by atoms with van der Waals surface area (Å²) in [7, 11) is 0. The highest BCUT2D eigenvalue weighted by atomic mass is 32.1. The van der Waals surface area contributed by atoms with Gasteiger partial charge in [0.05, 0.1) is 16.6 Å². The Hall–Kier alpha value is -0.710. The van der Waals surface area contributed by atoms with E-state index in [0.717, 1.165) is 17.1 Å². The molecule has 0 radical (unpaired) electrons. The van der Waals surface area contributed by atoms with Crippen LogP contribution < -0.4 is 5.73 Å². The molecule has 2 nitrogen and oxygen atoms in total. The van der Waals surface area contributed by atoms with Crippen LogP contribution in [-0.2, 0) is 6.42 Å². The molecule has 0 aliphatic carbocycles. The van der Waals surface area contributed by atoms with Crippen molar-refractivity contribution in [2.24, 2.45) is 5.73 Å². The van der Waals surface area contributed by atoms with Crippen LogP contribution in [0.3, 0.4) is 0 Å². The topological polar surface area (TPSA) is 38.9 Å². The quantitative estimate of drug-likeness (QED) is 0.889. The van der Waals surface area contributed by atoms with Gasteiger partial charge in [-0.2, -0.15) is 0 Å². The maximum Gasteiger partial charge on any atom is 0.110 e. The summed E-state index contributed by atoms with van der Waals surface area (Å²) in [5, 5.41) is 3.10. The normalized spacial score (nSPS) is 13.0. The molecule has 2 rings (SSSR count). The van der Waals surface area contributed by atoms with Crippen molar-refractivity contribution in [3.8, 4) is 10.6 Å². The average Bonchev–Trinajstić information content (AvgIpc) is 2.86. The van der Waals surface area contributed by atoms with E-state index in [1.54, 1.807) is 11.3 Å². The molecule has 0 aliphatic heterocycles. The van der Waals surface area contributed by atoms with E-state index in [4.69, 9.17) is 5.73 Å². The lowest BCUT2D eigenvalue weighted by Crippen LogP contribution is -2.03. The molecule has 0 saturated heterocycles. The molecule has 0 aliphatic rings. The van der Waals surface area contributed by atoms with E-state index in [0.29, 0.717) is 0 Å². The van der Waals surface area contributed by atoms with Gasteiger partial charge >= 0.3 is 0 Å². The van der Waals surface area contributed by atoms with Crippen LogP contribution in [0.1, 0.15) is 29.8 Å². The van der Waals surface area contributed by atoms with E-state index >= 15 is 0 Å². The van der Waals surface area contributed by atoms with Crippen molar-refractivity contribution in [3.63, 3.8) is 0 Å². The van der Waals surface area contributed by atoms with Gasteiger partial charge < -0.3 is 5.73 Å². The largest absolute Gasteiger partial charge is 0.322 e.